The molecule has 0 bridgehead atoms. The van der Waals surface area contributed by atoms with Crippen LogP contribution in [-0.2, 0) is 11.3 Å². The molecule has 2 N–H and O–H groups in total. The van der Waals surface area contributed by atoms with E-state index in [-0.39, 0.29) is 35.3 Å². The molecule has 0 spiro atoms. The van der Waals surface area contributed by atoms with E-state index in [1.165, 1.54) is 26.4 Å². The largest absolute Gasteiger partial charge is 0.493 e. The first kappa shape index (κ1) is 19.6. The lowest BCUT2D eigenvalue weighted by molar-refractivity contribution is -0.384. The summed E-state index contributed by atoms with van der Waals surface area (Å²) in [6, 6.07) is 8.57. The lowest BCUT2D eigenvalue weighted by Crippen LogP contribution is -2.09. The molecular formula is C18H16N4O7. The molecule has 1 aromatic heterocycles. The number of non-ortho nitro benzene ring substituents is 1. The highest BCUT2D eigenvalue weighted by atomic mass is 16.6. The highest BCUT2D eigenvalue weighted by molar-refractivity contribution is 5.95. The molecule has 29 heavy (non-hydrogen) atoms. The second kappa shape index (κ2) is 8.25. The van der Waals surface area contributed by atoms with Crippen molar-refractivity contribution < 1.29 is 28.5 Å². The second-order valence-electron chi connectivity index (χ2n) is 5.69. The molecule has 0 unspecified atom stereocenters. The van der Waals surface area contributed by atoms with Crippen LogP contribution in [0.25, 0.3) is 11.4 Å². The fraction of sp³-hybridized carbons (Fsp3) is 0.167. The summed E-state index contributed by atoms with van der Waals surface area (Å²) in [5, 5.41) is 14.7. The lowest BCUT2D eigenvalue weighted by Gasteiger charge is -2.07. The van der Waals surface area contributed by atoms with Crippen LogP contribution in [-0.4, -0.2) is 35.3 Å². The van der Waals surface area contributed by atoms with Crippen molar-refractivity contribution in [1.82, 2.24) is 10.1 Å². The number of aromatic nitrogens is 2. The quantitative estimate of drug-likeness (QED) is 0.271. The van der Waals surface area contributed by atoms with Crippen molar-refractivity contribution in [3.8, 4) is 22.9 Å². The summed E-state index contributed by atoms with van der Waals surface area (Å²) in [7, 11) is 3.02. The Hall–Kier alpha value is -4.15. The van der Waals surface area contributed by atoms with Crippen LogP contribution in [0.15, 0.2) is 40.9 Å². The number of ether oxygens (including phenoxy) is 3. The van der Waals surface area contributed by atoms with Crippen molar-refractivity contribution in [2.45, 2.75) is 6.61 Å². The van der Waals surface area contributed by atoms with Gasteiger partial charge in [0.15, 0.2) is 18.1 Å². The van der Waals surface area contributed by atoms with E-state index < -0.39 is 10.9 Å². The van der Waals surface area contributed by atoms with Crippen molar-refractivity contribution in [3.05, 3.63) is 58.0 Å². The van der Waals surface area contributed by atoms with E-state index in [0.717, 1.165) is 6.07 Å². The Morgan fingerprint density at radius 2 is 1.93 bits per heavy atom. The summed E-state index contributed by atoms with van der Waals surface area (Å²) in [6.45, 7) is -0.332. The van der Waals surface area contributed by atoms with Gasteiger partial charge in [0.2, 0.25) is 5.82 Å². The van der Waals surface area contributed by atoms with Gasteiger partial charge in [0.1, 0.15) is 0 Å². The molecule has 150 valence electrons. The summed E-state index contributed by atoms with van der Waals surface area (Å²) in [6.07, 6.45) is 0. The highest BCUT2D eigenvalue weighted by Crippen LogP contribution is 2.31. The summed E-state index contributed by atoms with van der Waals surface area (Å²) >= 11 is 0. The summed E-state index contributed by atoms with van der Waals surface area (Å²) in [5.74, 6) is 0.475. The molecule has 2 aromatic carbocycles. The average molecular weight is 400 g/mol. The number of nitrogens with two attached hydrogens (primary N) is 1. The standard InChI is InChI=1S/C18H16N4O7/c1-26-14-6-3-10(7-15(14)27-2)17-20-16(29-21-17)9-28-18(23)12-8-11(22(24)25)4-5-13(12)19/h3-8H,9,19H2,1-2H3. The third-order valence-corrected chi connectivity index (χ3v) is 3.90. The van der Waals surface area contributed by atoms with Crippen LogP contribution < -0.4 is 15.2 Å². The second-order valence-corrected chi connectivity index (χ2v) is 5.69. The maximum absolute atomic E-state index is 12.2. The smallest absolute Gasteiger partial charge is 0.341 e. The van der Waals surface area contributed by atoms with Gasteiger partial charge in [-0.3, -0.25) is 10.1 Å². The van der Waals surface area contributed by atoms with Gasteiger partial charge in [-0.05, 0) is 24.3 Å². The van der Waals surface area contributed by atoms with Crippen molar-refractivity contribution in [2.24, 2.45) is 0 Å². The zero-order valence-electron chi connectivity index (χ0n) is 15.4. The van der Waals surface area contributed by atoms with Crippen molar-refractivity contribution in [2.75, 3.05) is 20.0 Å². The molecule has 11 nitrogen and oxygen atoms in total. The number of nitrogen functional groups attached to an aromatic ring is 1. The van der Waals surface area contributed by atoms with Crippen LogP contribution in [0.5, 0.6) is 11.5 Å². The van der Waals surface area contributed by atoms with Gasteiger partial charge >= 0.3 is 5.97 Å². The molecule has 0 radical (unpaired) electrons. The van der Waals surface area contributed by atoms with Crippen molar-refractivity contribution >= 4 is 17.3 Å². The van der Waals surface area contributed by atoms with Crippen LogP contribution in [0.4, 0.5) is 11.4 Å². The number of methoxy groups -OCH3 is 2. The number of nitro benzene ring substituents is 1. The minimum absolute atomic E-state index is 0.0344. The fourth-order valence-electron chi connectivity index (χ4n) is 2.45. The number of nitro groups is 1. The molecule has 1 heterocycles. The predicted octanol–water partition coefficient (Wildman–Crippen LogP) is 2.60. The molecule has 3 rings (SSSR count). The lowest BCUT2D eigenvalue weighted by atomic mass is 10.1. The number of nitrogens with zero attached hydrogens (tertiary/aromatic N) is 3. The minimum atomic E-state index is -0.850. The number of carbonyl (C=O) groups is 1. The predicted molar refractivity (Wildman–Crippen MR) is 99.5 cm³/mol. The molecule has 0 aliphatic carbocycles. The van der Waals surface area contributed by atoms with Crippen molar-refractivity contribution in [3.63, 3.8) is 0 Å². The Morgan fingerprint density at radius 1 is 1.17 bits per heavy atom. The van der Waals surface area contributed by atoms with Gasteiger partial charge in [-0.15, -0.1) is 0 Å². The first-order chi connectivity index (χ1) is 13.9. The molecule has 0 saturated carbocycles. The van der Waals surface area contributed by atoms with E-state index in [9.17, 15) is 14.9 Å². The average Bonchev–Trinajstić information content (AvgIpc) is 3.20. The minimum Gasteiger partial charge on any atom is -0.493 e. The topological polar surface area (TPSA) is 153 Å². The Balaban J connectivity index is 1.72. The molecule has 11 heteroatoms. The van der Waals surface area contributed by atoms with Crippen LogP contribution in [0.3, 0.4) is 0 Å². The third kappa shape index (κ3) is 4.24. The number of hydrogen-bond acceptors (Lipinski definition) is 10. The van der Waals surface area contributed by atoms with Crippen molar-refractivity contribution in [1.29, 1.82) is 0 Å². The Bertz CT molecular complexity index is 1060. The Morgan fingerprint density at radius 3 is 2.62 bits per heavy atom. The van der Waals surface area contributed by atoms with Gasteiger partial charge in [0.05, 0.1) is 24.7 Å². The van der Waals surface area contributed by atoms with E-state index in [1.54, 1.807) is 18.2 Å². The van der Waals surface area contributed by atoms with Gasteiger partial charge < -0.3 is 24.5 Å². The third-order valence-electron chi connectivity index (χ3n) is 3.90. The van der Waals surface area contributed by atoms with E-state index >= 15 is 0 Å². The van der Waals surface area contributed by atoms with E-state index in [4.69, 9.17) is 24.5 Å². The number of benzene rings is 2. The molecule has 0 atom stereocenters. The Kier molecular flexibility index (Phi) is 5.58. The Labute approximate surface area is 164 Å². The highest BCUT2D eigenvalue weighted by Gasteiger charge is 2.18. The van der Waals surface area contributed by atoms with Gasteiger partial charge in [0.25, 0.3) is 11.6 Å². The van der Waals surface area contributed by atoms with Gasteiger partial charge in [-0.25, -0.2) is 4.79 Å². The number of carbonyl (C=O) groups excluding carboxylic acids is 1. The molecule has 0 saturated heterocycles. The number of hydrogen-bond donors (Lipinski definition) is 1. The monoisotopic (exact) mass is 400 g/mol. The molecular weight excluding hydrogens is 384 g/mol. The van der Waals surface area contributed by atoms with Crippen LogP contribution in [0.1, 0.15) is 16.2 Å². The molecule has 0 aliphatic heterocycles. The fourth-order valence-corrected chi connectivity index (χ4v) is 2.45. The number of rotatable bonds is 7. The summed E-state index contributed by atoms with van der Waals surface area (Å²) < 4.78 is 20.6. The zero-order valence-corrected chi connectivity index (χ0v) is 15.4. The van der Waals surface area contributed by atoms with Crippen LogP contribution in [0.2, 0.25) is 0 Å². The summed E-state index contributed by atoms with van der Waals surface area (Å²) in [4.78, 5) is 26.6. The van der Waals surface area contributed by atoms with E-state index in [2.05, 4.69) is 10.1 Å². The zero-order chi connectivity index (χ0) is 21.0. The maximum Gasteiger partial charge on any atom is 0.341 e. The molecule has 0 aliphatic rings. The van der Waals surface area contributed by atoms with Gasteiger partial charge in [-0.2, -0.15) is 4.98 Å². The maximum atomic E-state index is 12.2. The normalized spacial score (nSPS) is 10.4. The van der Waals surface area contributed by atoms with Gasteiger partial charge in [0, 0.05) is 23.4 Å². The number of esters is 1. The van der Waals surface area contributed by atoms with E-state index in [1.807, 2.05) is 0 Å². The summed E-state index contributed by atoms with van der Waals surface area (Å²) in [5.41, 5.74) is 5.95. The SMILES string of the molecule is COc1ccc(-c2noc(COC(=O)c3cc([N+](=O)[O-])ccc3N)n2)cc1OC. The number of anilines is 1. The molecule has 0 amide bonds. The van der Waals surface area contributed by atoms with Crippen LogP contribution >= 0.6 is 0 Å². The van der Waals surface area contributed by atoms with Crippen LogP contribution in [0, 0.1) is 10.1 Å². The molecule has 0 fully saturated rings. The first-order valence-electron chi connectivity index (χ1n) is 8.19. The first-order valence-corrected chi connectivity index (χ1v) is 8.19. The van der Waals surface area contributed by atoms with Gasteiger partial charge in [-0.1, -0.05) is 5.16 Å². The van der Waals surface area contributed by atoms with E-state index in [0.29, 0.717) is 17.1 Å². The molecule has 3 aromatic rings.